The van der Waals surface area contributed by atoms with Gasteiger partial charge in [0, 0.05) is 25.3 Å². The fourth-order valence-electron chi connectivity index (χ4n) is 4.17. The van der Waals surface area contributed by atoms with Gasteiger partial charge in [-0.25, -0.2) is 0 Å². The van der Waals surface area contributed by atoms with Gasteiger partial charge in [-0.3, -0.25) is 14.7 Å². The number of hydrogen-bond donors (Lipinski definition) is 2. The maximum Gasteiger partial charge on any atom is 0.257 e. The number of carbonyl (C=O) groups is 2. The molecule has 156 valence electrons. The lowest BCUT2D eigenvalue weighted by Gasteiger charge is -2.28. The second-order valence-electron chi connectivity index (χ2n) is 7.91. The fraction of sp³-hybridized carbons (Fsp3) is 0.348. The predicted octanol–water partition coefficient (Wildman–Crippen LogP) is 3.66. The van der Waals surface area contributed by atoms with E-state index in [0.717, 1.165) is 11.3 Å². The van der Waals surface area contributed by atoms with Crippen molar-refractivity contribution in [2.24, 2.45) is 5.41 Å². The van der Waals surface area contributed by atoms with Crippen molar-refractivity contribution >= 4 is 23.2 Å². The van der Waals surface area contributed by atoms with E-state index >= 15 is 0 Å². The summed E-state index contributed by atoms with van der Waals surface area (Å²) in [5.74, 6) is -0.0497. The molecule has 1 aliphatic rings. The van der Waals surface area contributed by atoms with Crippen LogP contribution in [0.1, 0.15) is 35.0 Å². The summed E-state index contributed by atoms with van der Waals surface area (Å²) in [4.78, 5) is 27.8. The minimum atomic E-state index is -0.618. The van der Waals surface area contributed by atoms with Gasteiger partial charge in [-0.1, -0.05) is 24.3 Å². The van der Waals surface area contributed by atoms with Crippen molar-refractivity contribution in [3.63, 3.8) is 0 Å². The first kappa shape index (κ1) is 20.3. The van der Waals surface area contributed by atoms with E-state index in [1.165, 1.54) is 11.1 Å². The Morgan fingerprint density at radius 2 is 2.03 bits per heavy atom. The fourth-order valence-corrected chi connectivity index (χ4v) is 4.84. The third-order valence-electron chi connectivity index (χ3n) is 5.87. The maximum atomic E-state index is 13.1. The molecule has 4 rings (SSSR count). The van der Waals surface area contributed by atoms with Gasteiger partial charge in [0.05, 0.1) is 17.2 Å². The first-order valence-corrected chi connectivity index (χ1v) is 11.2. The normalized spacial score (nSPS) is 18.5. The number of thiophene rings is 1. The second kappa shape index (κ2) is 8.44. The maximum absolute atomic E-state index is 13.1. The van der Waals surface area contributed by atoms with Gasteiger partial charge < -0.3 is 10.2 Å². The third kappa shape index (κ3) is 3.89. The first-order valence-electron chi connectivity index (χ1n) is 10.2. The number of aryl methyl sites for hydroxylation is 1. The largest absolute Gasteiger partial charge is 0.356 e. The van der Waals surface area contributed by atoms with E-state index in [1.54, 1.807) is 22.4 Å². The molecule has 2 N–H and O–H groups in total. The van der Waals surface area contributed by atoms with Crippen molar-refractivity contribution in [3.05, 3.63) is 64.1 Å². The number of rotatable bonds is 6. The van der Waals surface area contributed by atoms with Crippen LogP contribution in [0.25, 0.3) is 11.1 Å². The Morgan fingerprint density at radius 1 is 1.23 bits per heavy atom. The molecule has 0 saturated carbocycles. The molecule has 30 heavy (non-hydrogen) atoms. The molecule has 1 unspecified atom stereocenters. The lowest BCUT2D eigenvalue weighted by Crippen LogP contribution is -2.45. The first-order chi connectivity index (χ1) is 14.5. The van der Waals surface area contributed by atoms with Gasteiger partial charge in [-0.2, -0.15) is 16.4 Å². The summed E-state index contributed by atoms with van der Waals surface area (Å²) in [5, 5.41) is 14.0. The van der Waals surface area contributed by atoms with Crippen molar-refractivity contribution in [2.45, 2.75) is 26.7 Å². The van der Waals surface area contributed by atoms with Crippen LogP contribution in [0.2, 0.25) is 0 Å². The number of carbonyl (C=O) groups excluding carboxylic acids is 2. The lowest BCUT2D eigenvalue weighted by atomic mass is 9.79. The summed E-state index contributed by atoms with van der Waals surface area (Å²) >= 11 is 1.68. The highest BCUT2D eigenvalue weighted by atomic mass is 32.1. The van der Waals surface area contributed by atoms with Gasteiger partial charge in [0.1, 0.15) is 0 Å². The molecule has 1 aliphatic heterocycles. The molecule has 1 saturated heterocycles. The average molecular weight is 423 g/mol. The van der Waals surface area contributed by atoms with Crippen molar-refractivity contribution in [1.29, 1.82) is 0 Å². The molecule has 7 heteroatoms. The van der Waals surface area contributed by atoms with E-state index in [9.17, 15) is 9.59 Å². The van der Waals surface area contributed by atoms with Gasteiger partial charge in [0.2, 0.25) is 5.91 Å². The molecule has 1 fully saturated rings. The molecule has 0 radical (unpaired) electrons. The number of aromatic nitrogens is 2. The molecule has 0 spiro atoms. The minimum Gasteiger partial charge on any atom is -0.356 e. The summed E-state index contributed by atoms with van der Waals surface area (Å²) < 4.78 is 0. The molecule has 3 aromatic rings. The number of H-pyrrole nitrogens is 1. The predicted molar refractivity (Wildman–Crippen MR) is 118 cm³/mol. The molecule has 0 aliphatic carbocycles. The smallest absolute Gasteiger partial charge is 0.257 e. The van der Waals surface area contributed by atoms with Crippen LogP contribution in [0.4, 0.5) is 0 Å². The Kier molecular flexibility index (Phi) is 5.72. The van der Waals surface area contributed by atoms with Gasteiger partial charge in [0.25, 0.3) is 5.91 Å². The zero-order valence-corrected chi connectivity index (χ0v) is 18.1. The lowest BCUT2D eigenvalue weighted by molar-refractivity contribution is -0.130. The topological polar surface area (TPSA) is 78.1 Å². The van der Waals surface area contributed by atoms with E-state index in [0.29, 0.717) is 38.0 Å². The number of hydrogen-bond acceptors (Lipinski definition) is 4. The van der Waals surface area contributed by atoms with Gasteiger partial charge in [-0.15, -0.1) is 0 Å². The number of nitrogens with zero attached hydrogens (tertiary/aromatic N) is 2. The standard InChI is InChI=1S/C23H26N4O2S/c1-3-24-22(29)23(9-10-27(15-23)21(28)20-13-25-26-16(20)2)12-17-4-6-18(7-5-17)19-8-11-30-14-19/h4-8,11,13-14H,3,9-10,12,15H2,1-2H3,(H,24,29)(H,25,26). The third-order valence-corrected chi connectivity index (χ3v) is 6.55. The Morgan fingerprint density at radius 3 is 2.67 bits per heavy atom. The number of likely N-dealkylation sites (tertiary alicyclic amines) is 1. The molecule has 1 aromatic carbocycles. The van der Waals surface area contributed by atoms with E-state index in [4.69, 9.17) is 0 Å². The molecule has 2 aromatic heterocycles. The number of aromatic amines is 1. The number of benzene rings is 1. The Hall–Kier alpha value is -2.93. The minimum absolute atomic E-state index is 0.0196. The van der Waals surface area contributed by atoms with Crippen molar-refractivity contribution in [1.82, 2.24) is 20.4 Å². The molecule has 2 amide bonds. The van der Waals surface area contributed by atoms with E-state index in [1.807, 2.05) is 13.8 Å². The SMILES string of the molecule is CCNC(=O)C1(Cc2ccc(-c3ccsc3)cc2)CCN(C(=O)c2cn[nH]c2C)C1. The molecule has 6 nitrogen and oxygen atoms in total. The van der Waals surface area contributed by atoms with Crippen LogP contribution in [0, 0.1) is 12.3 Å². The second-order valence-corrected chi connectivity index (χ2v) is 8.69. The molecular weight excluding hydrogens is 396 g/mol. The highest BCUT2D eigenvalue weighted by Gasteiger charge is 2.46. The van der Waals surface area contributed by atoms with Crippen molar-refractivity contribution < 1.29 is 9.59 Å². The van der Waals surface area contributed by atoms with E-state index < -0.39 is 5.41 Å². The summed E-state index contributed by atoms with van der Waals surface area (Å²) in [6.07, 6.45) is 2.82. The summed E-state index contributed by atoms with van der Waals surface area (Å²) in [5.41, 5.74) is 4.19. The molecular formula is C23H26N4O2S. The van der Waals surface area contributed by atoms with Crippen LogP contribution in [-0.2, 0) is 11.2 Å². The van der Waals surface area contributed by atoms with Gasteiger partial charge >= 0.3 is 0 Å². The van der Waals surface area contributed by atoms with Crippen molar-refractivity contribution in [3.8, 4) is 11.1 Å². The van der Waals surface area contributed by atoms with Crippen molar-refractivity contribution in [2.75, 3.05) is 19.6 Å². The zero-order valence-electron chi connectivity index (χ0n) is 17.3. The Balaban J connectivity index is 1.55. The average Bonchev–Trinajstić information content (AvgIpc) is 3.50. The molecule has 3 heterocycles. The Bertz CT molecular complexity index is 1030. The van der Waals surface area contributed by atoms with E-state index in [2.05, 4.69) is 56.6 Å². The Labute approximate surface area is 180 Å². The van der Waals surface area contributed by atoms with Crippen LogP contribution in [0.3, 0.4) is 0 Å². The quantitative estimate of drug-likeness (QED) is 0.636. The zero-order chi connectivity index (χ0) is 21.1. The summed E-state index contributed by atoms with van der Waals surface area (Å²) in [6.45, 7) is 5.31. The van der Waals surface area contributed by atoms with Crippen LogP contribution < -0.4 is 5.32 Å². The summed E-state index contributed by atoms with van der Waals surface area (Å²) in [7, 11) is 0. The van der Waals surface area contributed by atoms with E-state index in [-0.39, 0.29) is 11.8 Å². The molecule has 0 bridgehead atoms. The van der Waals surface area contributed by atoms with Crippen LogP contribution >= 0.6 is 11.3 Å². The number of amides is 2. The highest BCUT2D eigenvalue weighted by Crippen LogP contribution is 2.36. The van der Waals surface area contributed by atoms with Gasteiger partial charge in [0.15, 0.2) is 0 Å². The van der Waals surface area contributed by atoms with Crippen LogP contribution in [0.15, 0.2) is 47.3 Å². The van der Waals surface area contributed by atoms with Gasteiger partial charge in [-0.05, 0) is 60.2 Å². The summed E-state index contributed by atoms with van der Waals surface area (Å²) in [6, 6.07) is 10.5. The highest BCUT2D eigenvalue weighted by molar-refractivity contribution is 7.08. The monoisotopic (exact) mass is 422 g/mol. The molecule has 1 atom stereocenters. The number of nitrogens with one attached hydrogen (secondary N) is 2. The van der Waals surface area contributed by atoms with Crippen LogP contribution in [0.5, 0.6) is 0 Å². The van der Waals surface area contributed by atoms with Crippen LogP contribution in [-0.4, -0.2) is 46.5 Å².